The summed E-state index contributed by atoms with van der Waals surface area (Å²) in [5.41, 5.74) is 0.812. The number of rotatable bonds is 1. The predicted octanol–water partition coefficient (Wildman–Crippen LogP) is 1.51. The van der Waals surface area contributed by atoms with E-state index in [1.807, 2.05) is 30.3 Å². The van der Waals surface area contributed by atoms with Crippen LogP contribution in [0.25, 0.3) is 0 Å². The zero-order chi connectivity index (χ0) is 11.8. The topological polar surface area (TPSA) is 32.3 Å². The SMILES string of the molecule is CC1CC2CNCC2N1C(=O)c1ccccc1. The highest BCUT2D eigenvalue weighted by Gasteiger charge is 2.44. The molecule has 2 saturated heterocycles. The van der Waals surface area contributed by atoms with Crippen LogP contribution in [0.2, 0.25) is 0 Å². The van der Waals surface area contributed by atoms with Crippen molar-refractivity contribution < 1.29 is 4.79 Å². The van der Waals surface area contributed by atoms with Gasteiger partial charge in [0.25, 0.3) is 5.91 Å². The van der Waals surface area contributed by atoms with Gasteiger partial charge in [0.1, 0.15) is 0 Å². The summed E-state index contributed by atoms with van der Waals surface area (Å²) in [7, 11) is 0. The van der Waals surface area contributed by atoms with E-state index in [2.05, 4.69) is 17.1 Å². The molecule has 90 valence electrons. The molecular formula is C14H18N2O. The molecule has 0 saturated carbocycles. The van der Waals surface area contributed by atoms with Crippen molar-refractivity contribution in [3.05, 3.63) is 35.9 Å². The molecule has 0 radical (unpaired) electrons. The molecule has 2 fully saturated rings. The van der Waals surface area contributed by atoms with Crippen molar-refractivity contribution in [1.29, 1.82) is 0 Å². The van der Waals surface area contributed by atoms with Gasteiger partial charge in [-0.3, -0.25) is 4.79 Å². The third-order valence-corrected chi connectivity index (χ3v) is 4.04. The van der Waals surface area contributed by atoms with Crippen LogP contribution >= 0.6 is 0 Å². The molecule has 1 amide bonds. The van der Waals surface area contributed by atoms with Crippen LogP contribution < -0.4 is 5.32 Å². The normalized spacial score (nSPS) is 31.6. The summed E-state index contributed by atoms with van der Waals surface area (Å²) >= 11 is 0. The summed E-state index contributed by atoms with van der Waals surface area (Å²) in [6.45, 7) is 4.18. The molecule has 0 bridgehead atoms. The van der Waals surface area contributed by atoms with Gasteiger partial charge in [-0.1, -0.05) is 18.2 Å². The fourth-order valence-electron chi connectivity index (χ4n) is 3.24. The molecule has 1 N–H and O–H groups in total. The van der Waals surface area contributed by atoms with E-state index in [4.69, 9.17) is 0 Å². The van der Waals surface area contributed by atoms with Crippen molar-refractivity contribution in [2.75, 3.05) is 13.1 Å². The number of fused-ring (bicyclic) bond motifs is 1. The minimum absolute atomic E-state index is 0.189. The summed E-state index contributed by atoms with van der Waals surface area (Å²) in [6.07, 6.45) is 1.14. The Hall–Kier alpha value is -1.35. The maximum atomic E-state index is 12.5. The third kappa shape index (κ3) is 1.75. The first-order valence-corrected chi connectivity index (χ1v) is 6.36. The third-order valence-electron chi connectivity index (χ3n) is 4.04. The molecule has 0 spiro atoms. The number of nitrogens with one attached hydrogen (secondary N) is 1. The monoisotopic (exact) mass is 230 g/mol. The standard InChI is InChI=1S/C14H18N2O/c1-10-7-12-8-15-9-13(12)16(10)14(17)11-5-3-2-4-6-11/h2-6,10,12-13,15H,7-9H2,1H3. The molecule has 17 heavy (non-hydrogen) atoms. The van der Waals surface area contributed by atoms with Gasteiger partial charge < -0.3 is 10.2 Å². The lowest BCUT2D eigenvalue weighted by atomic mass is 10.0. The smallest absolute Gasteiger partial charge is 0.254 e. The highest BCUT2D eigenvalue weighted by Crippen LogP contribution is 2.33. The zero-order valence-electron chi connectivity index (χ0n) is 10.1. The lowest BCUT2D eigenvalue weighted by Gasteiger charge is -2.27. The fraction of sp³-hybridized carbons (Fsp3) is 0.500. The number of amides is 1. The largest absolute Gasteiger partial charge is 0.331 e. The Morgan fingerprint density at radius 2 is 2.06 bits per heavy atom. The minimum atomic E-state index is 0.189. The minimum Gasteiger partial charge on any atom is -0.331 e. The summed E-state index contributed by atoms with van der Waals surface area (Å²) < 4.78 is 0. The summed E-state index contributed by atoms with van der Waals surface area (Å²) in [5, 5.41) is 3.39. The summed E-state index contributed by atoms with van der Waals surface area (Å²) in [4.78, 5) is 14.6. The number of hydrogen-bond acceptors (Lipinski definition) is 2. The highest BCUT2D eigenvalue weighted by atomic mass is 16.2. The van der Waals surface area contributed by atoms with E-state index < -0.39 is 0 Å². The van der Waals surface area contributed by atoms with Crippen molar-refractivity contribution in [2.45, 2.75) is 25.4 Å². The van der Waals surface area contributed by atoms with Gasteiger partial charge in [0.05, 0.1) is 0 Å². The van der Waals surface area contributed by atoms with Gasteiger partial charge >= 0.3 is 0 Å². The quantitative estimate of drug-likeness (QED) is 0.793. The fourth-order valence-corrected chi connectivity index (χ4v) is 3.24. The Labute approximate surface area is 102 Å². The number of likely N-dealkylation sites (tertiary alicyclic amines) is 1. The van der Waals surface area contributed by atoms with Crippen LogP contribution in [-0.4, -0.2) is 36.0 Å². The Bertz CT molecular complexity index is 417. The van der Waals surface area contributed by atoms with E-state index >= 15 is 0 Å². The van der Waals surface area contributed by atoms with Gasteiger partial charge in [0.15, 0.2) is 0 Å². The molecule has 3 rings (SSSR count). The molecule has 3 nitrogen and oxygen atoms in total. The second kappa shape index (κ2) is 4.15. The maximum Gasteiger partial charge on any atom is 0.254 e. The van der Waals surface area contributed by atoms with Gasteiger partial charge in [-0.05, 0) is 31.4 Å². The van der Waals surface area contributed by atoms with E-state index in [1.165, 1.54) is 0 Å². The molecule has 2 heterocycles. The van der Waals surface area contributed by atoms with Crippen molar-refractivity contribution in [1.82, 2.24) is 10.2 Å². The predicted molar refractivity (Wildman–Crippen MR) is 66.8 cm³/mol. The van der Waals surface area contributed by atoms with Crippen LogP contribution in [-0.2, 0) is 0 Å². The van der Waals surface area contributed by atoms with Crippen molar-refractivity contribution in [2.24, 2.45) is 5.92 Å². The van der Waals surface area contributed by atoms with Crippen molar-refractivity contribution in [3.63, 3.8) is 0 Å². The molecule has 3 atom stereocenters. The van der Waals surface area contributed by atoms with E-state index in [-0.39, 0.29) is 5.91 Å². The van der Waals surface area contributed by atoms with Crippen molar-refractivity contribution in [3.8, 4) is 0 Å². The first-order valence-electron chi connectivity index (χ1n) is 6.36. The van der Waals surface area contributed by atoms with Crippen LogP contribution in [0.15, 0.2) is 30.3 Å². The zero-order valence-corrected chi connectivity index (χ0v) is 10.1. The van der Waals surface area contributed by atoms with Gasteiger partial charge in [0, 0.05) is 30.7 Å². The average molecular weight is 230 g/mol. The van der Waals surface area contributed by atoms with E-state index in [0.717, 1.165) is 25.1 Å². The molecule has 3 unspecified atom stereocenters. The lowest BCUT2D eigenvalue weighted by molar-refractivity contribution is 0.0682. The number of nitrogens with zero attached hydrogens (tertiary/aromatic N) is 1. The van der Waals surface area contributed by atoms with Crippen LogP contribution in [0.3, 0.4) is 0 Å². The molecule has 1 aromatic rings. The number of hydrogen-bond donors (Lipinski definition) is 1. The number of carbonyl (C=O) groups excluding carboxylic acids is 1. The van der Waals surface area contributed by atoms with Crippen LogP contribution in [0.5, 0.6) is 0 Å². The maximum absolute atomic E-state index is 12.5. The lowest BCUT2D eigenvalue weighted by Crippen LogP contribution is -2.42. The summed E-state index contributed by atoms with van der Waals surface area (Å²) in [6, 6.07) is 10.4. The second-order valence-corrected chi connectivity index (χ2v) is 5.15. The molecule has 1 aromatic carbocycles. The van der Waals surface area contributed by atoms with E-state index in [9.17, 15) is 4.79 Å². The average Bonchev–Trinajstić information content (AvgIpc) is 2.89. The Morgan fingerprint density at radius 3 is 2.82 bits per heavy atom. The molecular weight excluding hydrogens is 212 g/mol. The number of carbonyl (C=O) groups is 1. The Kier molecular flexibility index (Phi) is 2.63. The van der Waals surface area contributed by atoms with Crippen LogP contribution in [0.1, 0.15) is 23.7 Å². The Morgan fingerprint density at radius 1 is 1.29 bits per heavy atom. The second-order valence-electron chi connectivity index (χ2n) is 5.15. The van der Waals surface area contributed by atoms with Crippen LogP contribution in [0, 0.1) is 5.92 Å². The van der Waals surface area contributed by atoms with E-state index in [1.54, 1.807) is 0 Å². The molecule has 2 aliphatic heterocycles. The summed E-state index contributed by atoms with van der Waals surface area (Å²) in [5.74, 6) is 0.840. The van der Waals surface area contributed by atoms with Gasteiger partial charge in [-0.25, -0.2) is 0 Å². The first-order chi connectivity index (χ1) is 8.27. The van der Waals surface area contributed by atoms with Gasteiger partial charge in [-0.15, -0.1) is 0 Å². The van der Waals surface area contributed by atoms with Crippen molar-refractivity contribution >= 4 is 5.91 Å². The van der Waals surface area contributed by atoms with Gasteiger partial charge in [0.2, 0.25) is 0 Å². The first kappa shape index (κ1) is 10.8. The molecule has 3 heteroatoms. The van der Waals surface area contributed by atoms with Gasteiger partial charge in [-0.2, -0.15) is 0 Å². The van der Waals surface area contributed by atoms with Crippen LogP contribution in [0.4, 0.5) is 0 Å². The highest BCUT2D eigenvalue weighted by molar-refractivity contribution is 5.94. The molecule has 0 aromatic heterocycles. The Balaban J connectivity index is 1.86. The number of benzene rings is 1. The van der Waals surface area contributed by atoms with E-state index in [0.29, 0.717) is 18.0 Å². The molecule has 0 aliphatic carbocycles. The molecule has 2 aliphatic rings.